The molecule has 0 aromatic carbocycles. The number of piperazine rings is 1. The van der Waals surface area contributed by atoms with Crippen LogP contribution < -0.4 is 5.32 Å². The zero-order valence-electron chi connectivity index (χ0n) is 12.0. The molecule has 0 radical (unpaired) electrons. The van der Waals surface area contributed by atoms with E-state index in [-0.39, 0.29) is 0 Å². The molecular weight excluding hydrogens is 240 g/mol. The summed E-state index contributed by atoms with van der Waals surface area (Å²) in [4.78, 5) is 2.82. The first-order valence-electron chi connectivity index (χ1n) is 7.78. The largest absolute Gasteiger partial charge is 0.308 e. The van der Waals surface area contributed by atoms with Gasteiger partial charge in [-0.05, 0) is 55.9 Å². The van der Waals surface area contributed by atoms with Crippen LogP contribution in [0.5, 0.6) is 0 Å². The van der Waals surface area contributed by atoms with Crippen LogP contribution in [-0.4, -0.2) is 47.6 Å². The van der Waals surface area contributed by atoms with Gasteiger partial charge < -0.3 is 5.32 Å². The lowest BCUT2D eigenvalue weighted by molar-refractivity contribution is 0.0622. The SMILES string of the molecule is CCC1CNC(C)(C2CC2)CN1CC1CCSC1. The highest BCUT2D eigenvalue weighted by molar-refractivity contribution is 7.99. The fourth-order valence-corrected chi connectivity index (χ4v) is 5.03. The van der Waals surface area contributed by atoms with E-state index >= 15 is 0 Å². The molecule has 0 amide bonds. The van der Waals surface area contributed by atoms with Crippen molar-refractivity contribution in [2.24, 2.45) is 11.8 Å². The molecule has 3 atom stereocenters. The maximum Gasteiger partial charge on any atom is 0.0309 e. The van der Waals surface area contributed by atoms with Crippen LogP contribution in [0.4, 0.5) is 0 Å². The van der Waals surface area contributed by atoms with Crippen molar-refractivity contribution in [1.82, 2.24) is 10.2 Å². The number of hydrogen-bond donors (Lipinski definition) is 1. The van der Waals surface area contributed by atoms with Crippen LogP contribution in [-0.2, 0) is 0 Å². The summed E-state index contributed by atoms with van der Waals surface area (Å²) in [6, 6.07) is 0.780. The number of thioether (sulfide) groups is 1. The van der Waals surface area contributed by atoms with Gasteiger partial charge >= 0.3 is 0 Å². The lowest BCUT2D eigenvalue weighted by atomic mass is 9.89. The van der Waals surface area contributed by atoms with Crippen LogP contribution in [0.1, 0.15) is 39.5 Å². The summed E-state index contributed by atoms with van der Waals surface area (Å²) in [7, 11) is 0. The molecule has 1 N–H and O–H groups in total. The second kappa shape index (κ2) is 5.34. The molecule has 104 valence electrons. The molecule has 3 rings (SSSR count). The molecule has 3 aliphatic rings. The van der Waals surface area contributed by atoms with E-state index in [9.17, 15) is 0 Å². The molecule has 3 heteroatoms. The van der Waals surface area contributed by atoms with E-state index in [1.54, 1.807) is 0 Å². The topological polar surface area (TPSA) is 15.3 Å². The van der Waals surface area contributed by atoms with Gasteiger partial charge in [-0.15, -0.1) is 0 Å². The lowest BCUT2D eigenvalue weighted by Crippen LogP contribution is -2.64. The normalized spacial score (nSPS) is 42.3. The Kier molecular flexibility index (Phi) is 3.93. The molecule has 0 aromatic rings. The summed E-state index contributed by atoms with van der Waals surface area (Å²) in [5.41, 5.74) is 0.414. The van der Waals surface area contributed by atoms with Gasteiger partial charge in [-0.25, -0.2) is 0 Å². The van der Waals surface area contributed by atoms with E-state index in [2.05, 4.69) is 35.8 Å². The Morgan fingerprint density at radius 1 is 1.33 bits per heavy atom. The number of nitrogens with one attached hydrogen (secondary N) is 1. The zero-order chi connectivity index (χ0) is 12.6. The second-order valence-corrected chi connectivity index (χ2v) is 7.94. The van der Waals surface area contributed by atoms with E-state index < -0.39 is 0 Å². The van der Waals surface area contributed by atoms with E-state index in [4.69, 9.17) is 0 Å². The first kappa shape index (κ1) is 13.3. The van der Waals surface area contributed by atoms with E-state index in [1.807, 2.05) is 0 Å². The third kappa shape index (κ3) is 2.73. The molecule has 3 fully saturated rings. The first-order chi connectivity index (χ1) is 8.71. The van der Waals surface area contributed by atoms with Crippen molar-refractivity contribution in [3.8, 4) is 0 Å². The van der Waals surface area contributed by atoms with Crippen molar-refractivity contribution >= 4 is 11.8 Å². The van der Waals surface area contributed by atoms with Crippen LogP contribution in [0, 0.1) is 11.8 Å². The van der Waals surface area contributed by atoms with Crippen LogP contribution in [0.25, 0.3) is 0 Å². The van der Waals surface area contributed by atoms with Gasteiger partial charge in [0.15, 0.2) is 0 Å². The zero-order valence-corrected chi connectivity index (χ0v) is 12.8. The summed E-state index contributed by atoms with van der Waals surface area (Å²) < 4.78 is 0. The third-order valence-electron chi connectivity index (χ3n) is 5.26. The van der Waals surface area contributed by atoms with Crippen LogP contribution >= 0.6 is 11.8 Å². The minimum Gasteiger partial charge on any atom is -0.308 e. The number of nitrogens with zero attached hydrogens (tertiary/aromatic N) is 1. The molecule has 1 aliphatic carbocycles. The van der Waals surface area contributed by atoms with Gasteiger partial charge in [-0.1, -0.05) is 6.92 Å². The molecule has 0 aromatic heterocycles. The highest BCUT2D eigenvalue weighted by Gasteiger charge is 2.45. The smallest absolute Gasteiger partial charge is 0.0309 e. The summed E-state index contributed by atoms with van der Waals surface area (Å²) in [5, 5.41) is 3.87. The number of rotatable bonds is 4. The minimum atomic E-state index is 0.414. The van der Waals surface area contributed by atoms with Gasteiger partial charge in [-0.2, -0.15) is 11.8 Å². The molecule has 2 aliphatic heterocycles. The Bertz CT molecular complexity index is 286. The molecule has 3 unspecified atom stereocenters. The van der Waals surface area contributed by atoms with Crippen molar-refractivity contribution in [3.05, 3.63) is 0 Å². The standard InChI is InChI=1S/C15H28N2S/c1-3-14-8-16-15(2,13-4-5-13)11-17(14)9-12-6-7-18-10-12/h12-14,16H,3-11H2,1-2H3. The second-order valence-electron chi connectivity index (χ2n) is 6.79. The maximum atomic E-state index is 3.87. The van der Waals surface area contributed by atoms with E-state index in [0.717, 1.165) is 17.9 Å². The van der Waals surface area contributed by atoms with Gasteiger partial charge in [0.1, 0.15) is 0 Å². The molecule has 1 saturated carbocycles. The Morgan fingerprint density at radius 2 is 2.17 bits per heavy atom. The molecule has 2 saturated heterocycles. The van der Waals surface area contributed by atoms with Crippen molar-refractivity contribution in [2.75, 3.05) is 31.1 Å². The molecular formula is C15H28N2S. The molecule has 18 heavy (non-hydrogen) atoms. The average molecular weight is 268 g/mol. The first-order valence-corrected chi connectivity index (χ1v) is 8.93. The molecule has 2 heterocycles. The highest BCUT2D eigenvalue weighted by Crippen LogP contribution is 2.41. The quantitative estimate of drug-likeness (QED) is 0.844. The van der Waals surface area contributed by atoms with E-state index in [0.29, 0.717) is 5.54 Å². The summed E-state index contributed by atoms with van der Waals surface area (Å²) in [6.45, 7) is 8.67. The predicted octanol–water partition coefficient (Wildman–Crippen LogP) is 2.59. The van der Waals surface area contributed by atoms with Gasteiger partial charge in [0.05, 0.1) is 0 Å². The monoisotopic (exact) mass is 268 g/mol. The average Bonchev–Trinajstić information content (AvgIpc) is 3.11. The summed E-state index contributed by atoms with van der Waals surface area (Å²) in [6.07, 6.45) is 5.65. The molecule has 0 bridgehead atoms. The Hall–Kier alpha value is 0.270. The fraction of sp³-hybridized carbons (Fsp3) is 1.00. The van der Waals surface area contributed by atoms with Gasteiger partial charge in [0.2, 0.25) is 0 Å². The van der Waals surface area contributed by atoms with Crippen molar-refractivity contribution in [1.29, 1.82) is 0 Å². The maximum absolute atomic E-state index is 3.87. The molecule has 0 spiro atoms. The summed E-state index contributed by atoms with van der Waals surface area (Å²) in [5.74, 6) is 4.72. The van der Waals surface area contributed by atoms with E-state index in [1.165, 1.54) is 56.8 Å². The van der Waals surface area contributed by atoms with Crippen molar-refractivity contribution < 1.29 is 0 Å². The summed E-state index contributed by atoms with van der Waals surface area (Å²) >= 11 is 2.16. The molecule has 2 nitrogen and oxygen atoms in total. The fourth-order valence-electron chi connectivity index (χ4n) is 3.76. The van der Waals surface area contributed by atoms with Crippen molar-refractivity contribution in [2.45, 2.75) is 51.1 Å². The Labute approximate surface area is 116 Å². The Morgan fingerprint density at radius 3 is 2.78 bits per heavy atom. The van der Waals surface area contributed by atoms with Gasteiger partial charge in [0, 0.05) is 31.2 Å². The van der Waals surface area contributed by atoms with Crippen LogP contribution in [0.15, 0.2) is 0 Å². The Balaban J connectivity index is 1.63. The predicted molar refractivity (Wildman–Crippen MR) is 80.2 cm³/mol. The van der Waals surface area contributed by atoms with Gasteiger partial charge in [0.25, 0.3) is 0 Å². The van der Waals surface area contributed by atoms with Crippen LogP contribution in [0.2, 0.25) is 0 Å². The third-order valence-corrected chi connectivity index (χ3v) is 6.49. The van der Waals surface area contributed by atoms with Crippen LogP contribution in [0.3, 0.4) is 0 Å². The minimum absolute atomic E-state index is 0.414. The van der Waals surface area contributed by atoms with Gasteiger partial charge in [-0.3, -0.25) is 4.90 Å². The number of hydrogen-bond acceptors (Lipinski definition) is 3. The van der Waals surface area contributed by atoms with Crippen molar-refractivity contribution in [3.63, 3.8) is 0 Å². The highest BCUT2D eigenvalue weighted by atomic mass is 32.2. The lowest BCUT2D eigenvalue weighted by Gasteiger charge is -2.47.